The van der Waals surface area contributed by atoms with Crippen molar-refractivity contribution in [2.75, 3.05) is 0 Å². The van der Waals surface area contributed by atoms with E-state index in [9.17, 15) is 5.11 Å². The molecule has 0 unspecified atom stereocenters. The lowest BCUT2D eigenvalue weighted by Crippen LogP contribution is -2.22. The molecule has 0 radical (unpaired) electrons. The number of rotatable bonds is 0. The Hall–Kier alpha value is -1.94. The monoisotopic (exact) mass is 352 g/mol. The van der Waals surface area contributed by atoms with Gasteiger partial charge in [0.15, 0.2) is 0 Å². The van der Waals surface area contributed by atoms with Crippen LogP contribution in [0.2, 0.25) is 0 Å². The van der Waals surface area contributed by atoms with Crippen molar-refractivity contribution in [1.82, 2.24) is 0 Å². The Morgan fingerprint density at radius 1 is 0.962 bits per heavy atom. The Morgan fingerprint density at radius 2 is 1.50 bits per heavy atom. The Labute approximate surface area is 160 Å². The van der Waals surface area contributed by atoms with Gasteiger partial charge in [-0.1, -0.05) is 78.4 Å². The maximum atomic E-state index is 9.22. The first-order valence-electron chi connectivity index (χ1n) is 10.0. The number of fused-ring (bicyclic) bond motifs is 1. The molecule has 142 valence electrons. The fraction of sp³-hybridized carbons (Fsp3) is 0.520. The summed E-state index contributed by atoms with van der Waals surface area (Å²) in [5, 5.41) is 11.3. The largest absolute Gasteiger partial charge is 0.508 e. The molecule has 0 bridgehead atoms. The molecule has 0 amide bonds. The molecule has 0 aliphatic heterocycles. The second-order valence-electron chi connectivity index (χ2n) is 8.30. The van der Waals surface area contributed by atoms with Crippen LogP contribution in [0.4, 0.5) is 0 Å². The number of phenols is 1. The molecule has 2 aromatic carbocycles. The summed E-state index contributed by atoms with van der Waals surface area (Å²) < 4.78 is 0. The van der Waals surface area contributed by atoms with Gasteiger partial charge in [-0.2, -0.15) is 0 Å². The summed E-state index contributed by atoms with van der Waals surface area (Å²) in [7, 11) is 0. The van der Waals surface area contributed by atoms with Crippen LogP contribution in [0.15, 0.2) is 36.4 Å². The van der Waals surface area contributed by atoms with Gasteiger partial charge in [0, 0.05) is 5.56 Å². The molecule has 1 fully saturated rings. The molecule has 2 aromatic rings. The Morgan fingerprint density at radius 3 is 2.00 bits per heavy atom. The number of hydrogen-bond donors (Lipinski definition) is 1. The number of aromatic hydroxyl groups is 1. The van der Waals surface area contributed by atoms with E-state index < -0.39 is 0 Å². The van der Waals surface area contributed by atoms with Gasteiger partial charge in [0.05, 0.1) is 0 Å². The number of phenolic OH excluding ortho intramolecular Hbond substituents is 1. The fourth-order valence-electron chi connectivity index (χ4n) is 3.29. The highest BCUT2D eigenvalue weighted by Crippen LogP contribution is 2.37. The van der Waals surface area contributed by atoms with E-state index >= 15 is 0 Å². The Bertz CT molecular complexity index is 694. The third kappa shape index (κ3) is 7.52. The highest BCUT2D eigenvalue weighted by Gasteiger charge is 2.25. The normalized spacial score (nSPS) is 14.5. The molecule has 1 heteroatoms. The van der Waals surface area contributed by atoms with Gasteiger partial charge in [-0.3, -0.25) is 0 Å². The van der Waals surface area contributed by atoms with E-state index in [0.717, 1.165) is 22.3 Å². The van der Waals surface area contributed by atoms with Crippen LogP contribution in [0.3, 0.4) is 0 Å². The third-order valence-corrected chi connectivity index (χ3v) is 4.82. The number of benzene rings is 2. The van der Waals surface area contributed by atoms with Gasteiger partial charge in [-0.15, -0.1) is 6.42 Å². The number of terminal acetylenes is 1. The minimum Gasteiger partial charge on any atom is -0.508 e. The molecular weight excluding hydrogens is 316 g/mol. The van der Waals surface area contributed by atoms with Gasteiger partial charge in [0.1, 0.15) is 5.75 Å². The van der Waals surface area contributed by atoms with Crippen molar-refractivity contribution < 1.29 is 5.11 Å². The Kier molecular flexibility index (Phi) is 9.28. The van der Waals surface area contributed by atoms with Crippen LogP contribution in [-0.4, -0.2) is 5.11 Å². The topological polar surface area (TPSA) is 20.2 Å². The quantitative estimate of drug-likeness (QED) is 0.485. The van der Waals surface area contributed by atoms with Crippen molar-refractivity contribution in [2.45, 2.75) is 73.1 Å². The van der Waals surface area contributed by atoms with Crippen LogP contribution in [0, 0.1) is 23.7 Å². The maximum absolute atomic E-state index is 9.22. The van der Waals surface area contributed by atoms with E-state index in [1.54, 1.807) is 12.1 Å². The highest BCUT2D eigenvalue weighted by atomic mass is 16.3. The molecule has 1 N–H and O–H groups in total. The van der Waals surface area contributed by atoms with Gasteiger partial charge in [-0.25, -0.2) is 0 Å². The molecule has 1 saturated carbocycles. The molecule has 26 heavy (non-hydrogen) atoms. The lowest BCUT2D eigenvalue weighted by atomic mass is 9.72. The molecule has 1 aliphatic carbocycles. The zero-order chi connectivity index (χ0) is 19.6. The third-order valence-electron chi connectivity index (χ3n) is 4.82. The summed E-state index contributed by atoms with van der Waals surface area (Å²) in [4.78, 5) is 0. The summed E-state index contributed by atoms with van der Waals surface area (Å²) in [6.07, 6.45) is 13.9. The maximum Gasteiger partial charge on any atom is 0.116 e. The van der Waals surface area contributed by atoms with Crippen molar-refractivity contribution in [3.8, 4) is 18.1 Å². The zero-order valence-electron chi connectivity index (χ0n) is 17.3. The summed E-state index contributed by atoms with van der Waals surface area (Å²) in [6.45, 7) is 11.4. The average molecular weight is 353 g/mol. The van der Waals surface area contributed by atoms with Crippen molar-refractivity contribution in [3.63, 3.8) is 0 Å². The average Bonchev–Trinajstić information content (AvgIpc) is 2.62. The Balaban J connectivity index is 0.000000233. The van der Waals surface area contributed by atoms with Crippen molar-refractivity contribution in [2.24, 2.45) is 11.3 Å². The lowest BCUT2D eigenvalue weighted by Gasteiger charge is -2.33. The molecule has 0 heterocycles. The van der Waals surface area contributed by atoms with E-state index in [4.69, 9.17) is 6.42 Å². The van der Waals surface area contributed by atoms with Crippen LogP contribution < -0.4 is 0 Å². The molecule has 0 atom stereocenters. The summed E-state index contributed by atoms with van der Waals surface area (Å²) in [6, 6.07) is 10.9. The van der Waals surface area contributed by atoms with Crippen molar-refractivity contribution >= 4 is 10.8 Å². The molecular formula is C25H36O. The van der Waals surface area contributed by atoms with Crippen LogP contribution in [0.25, 0.3) is 10.8 Å². The standard InChI is InChI=1S/C12H8O.C10H20.C3H8/c1-2-9-3-4-11-8-12(13)6-5-10(11)7-9;1-10(2,3)9-7-5-4-6-8-9;1-3-2/h1,3-8,13H;9H,4-8H2,1-3H3;3H2,1-2H3. The fourth-order valence-corrected chi connectivity index (χ4v) is 3.29. The first kappa shape index (κ1) is 22.1. The van der Waals surface area contributed by atoms with E-state index in [-0.39, 0.29) is 5.75 Å². The van der Waals surface area contributed by atoms with Crippen LogP contribution in [0.5, 0.6) is 5.75 Å². The first-order valence-corrected chi connectivity index (χ1v) is 10.0. The lowest BCUT2D eigenvalue weighted by molar-refractivity contribution is 0.180. The molecule has 0 saturated heterocycles. The predicted molar refractivity (Wildman–Crippen MR) is 116 cm³/mol. The van der Waals surface area contributed by atoms with E-state index in [2.05, 4.69) is 40.5 Å². The van der Waals surface area contributed by atoms with Crippen LogP contribution in [-0.2, 0) is 0 Å². The molecule has 0 aromatic heterocycles. The first-order chi connectivity index (χ1) is 12.3. The second kappa shape index (κ2) is 10.9. The van der Waals surface area contributed by atoms with Gasteiger partial charge >= 0.3 is 0 Å². The van der Waals surface area contributed by atoms with Gasteiger partial charge in [-0.05, 0) is 59.2 Å². The summed E-state index contributed by atoms with van der Waals surface area (Å²) in [5.41, 5.74) is 1.43. The van der Waals surface area contributed by atoms with Gasteiger partial charge in [0.25, 0.3) is 0 Å². The van der Waals surface area contributed by atoms with Crippen molar-refractivity contribution in [3.05, 3.63) is 42.0 Å². The van der Waals surface area contributed by atoms with Gasteiger partial charge in [0.2, 0.25) is 0 Å². The SMILES string of the molecule is C#Cc1ccc2cc(O)ccc2c1.CC(C)(C)C1CCCCC1.CCC. The van der Waals surface area contributed by atoms with Crippen LogP contribution in [0.1, 0.15) is 78.7 Å². The van der Waals surface area contributed by atoms with E-state index in [1.807, 2.05) is 24.3 Å². The smallest absolute Gasteiger partial charge is 0.116 e. The molecule has 3 rings (SSSR count). The predicted octanol–water partition coefficient (Wildman–Crippen LogP) is 7.56. The van der Waals surface area contributed by atoms with Crippen molar-refractivity contribution in [1.29, 1.82) is 0 Å². The number of hydrogen-bond acceptors (Lipinski definition) is 1. The van der Waals surface area contributed by atoms with Crippen LogP contribution >= 0.6 is 0 Å². The minimum atomic E-state index is 0.279. The summed E-state index contributed by atoms with van der Waals surface area (Å²) in [5.74, 6) is 3.85. The highest BCUT2D eigenvalue weighted by molar-refractivity contribution is 5.85. The summed E-state index contributed by atoms with van der Waals surface area (Å²) >= 11 is 0. The molecule has 1 aliphatic rings. The van der Waals surface area contributed by atoms with E-state index in [1.165, 1.54) is 38.5 Å². The molecule has 0 spiro atoms. The molecule has 1 nitrogen and oxygen atoms in total. The second-order valence-corrected chi connectivity index (χ2v) is 8.30. The zero-order valence-corrected chi connectivity index (χ0v) is 17.3. The minimum absolute atomic E-state index is 0.279. The van der Waals surface area contributed by atoms with Gasteiger partial charge < -0.3 is 5.11 Å². The van der Waals surface area contributed by atoms with E-state index in [0.29, 0.717) is 5.41 Å².